The molecule has 3 N–H and O–H groups in total. The Kier molecular flexibility index (Phi) is 4.90. The number of ether oxygens (including phenoxy) is 2. The predicted octanol–water partition coefficient (Wildman–Crippen LogP) is 1.28. The summed E-state index contributed by atoms with van der Waals surface area (Å²) in [6.07, 6.45) is 0.393. The SMILES string of the molecule is CC(OC1CCOC1)C(=O)Nc1ccc(CN)cc1. The van der Waals surface area contributed by atoms with Gasteiger partial charge in [0.25, 0.3) is 5.91 Å². The molecule has 1 aromatic rings. The first-order chi connectivity index (χ1) is 9.19. The molecule has 1 aromatic carbocycles. The molecule has 1 heterocycles. The highest BCUT2D eigenvalue weighted by Gasteiger charge is 2.22. The third-order valence-corrected chi connectivity index (χ3v) is 3.11. The van der Waals surface area contributed by atoms with E-state index in [-0.39, 0.29) is 12.0 Å². The summed E-state index contributed by atoms with van der Waals surface area (Å²) in [6.45, 7) is 3.53. The van der Waals surface area contributed by atoms with Gasteiger partial charge in [-0.05, 0) is 31.0 Å². The molecule has 0 aromatic heterocycles. The van der Waals surface area contributed by atoms with Crippen LogP contribution in [0.1, 0.15) is 18.9 Å². The van der Waals surface area contributed by atoms with Gasteiger partial charge in [-0.3, -0.25) is 4.79 Å². The molecule has 0 saturated carbocycles. The van der Waals surface area contributed by atoms with Crippen molar-refractivity contribution in [3.63, 3.8) is 0 Å². The van der Waals surface area contributed by atoms with E-state index in [9.17, 15) is 4.79 Å². The molecule has 5 nitrogen and oxygen atoms in total. The zero-order valence-corrected chi connectivity index (χ0v) is 11.1. The van der Waals surface area contributed by atoms with E-state index < -0.39 is 6.10 Å². The Labute approximate surface area is 113 Å². The minimum Gasteiger partial charge on any atom is -0.379 e. The number of carbonyl (C=O) groups is 1. The number of amides is 1. The Morgan fingerprint density at radius 1 is 1.53 bits per heavy atom. The Hall–Kier alpha value is -1.43. The maximum atomic E-state index is 12.0. The van der Waals surface area contributed by atoms with Gasteiger partial charge in [0.1, 0.15) is 6.10 Å². The normalized spacial score (nSPS) is 20.2. The summed E-state index contributed by atoms with van der Waals surface area (Å²) in [6, 6.07) is 7.47. The van der Waals surface area contributed by atoms with Gasteiger partial charge < -0.3 is 20.5 Å². The van der Waals surface area contributed by atoms with E-state index in [1.165, 1.54) is 0 Å². The van der Waals surface area contributed by atoms with Gasteiger partial charge in [-0.2, -0.15) is 0 Å². The van der Waals surface area contributed by atoms with E-state index in [0.717, 1.165) is 17.7 Å². The van der Waals surface area contributed by atoms with Gasteiger partial charge in [0.2, 0.25) is 0 Å². The van der Waals surface area contributed by atoms with Crippen molar-refractivity contribution < 1.29 is 14.3 Å². The number of anilines is 1. The molecule has 19 heavy (non-hydrogen) atoms. The molecule has 5 heteroatoms. The average Bonchev–Trinajstić information content (AvgIpc) is 2.92. The van der Waals surface area contributed by atoms with Crippen molar-refractivity contribution in [2.75, 3.05) is 18.5 Å². The molecule has 0 spiro atoms. The second-order valence-corrected chi connectivity index (χ2v) is 4.65. The first kappa shape index (κ1) is 14.0. The molecule has 2 atom stereocenters. The Balaban J connectivity index is 1.84. The lowest BCUT2D eigenvalue weighted by Gasteiger charge is -2.17. The summed E-state index contributed by atoms with van der Waals surface area (Å²) < 4.78 is 10.8. The average molecular weight is 264 g/mol. The smallest absolute Gasteiger partial charge is 0.253 e. The predicted molar refractivity (Wildman–Crippen MR) is 72.7 cm³/mol. The molecule has 0 bridgehead atoms. The van der Waals surface area contributed by atoms with E-state index in [0.29, 0.717) is 19.8 Å². The minimum absolute atomic E-state index is 0.0281. The molecular formula is C14H20N2O3. The molecule has 1 aliphatic rings. The number of rotatable bonds is 5. The molecule has 1 fully saturated rings. The molecule has 1 saturated heterocycles. The van der Waals surface area contributed by atoms with Crippen molar-refractivity contribution in [2.45, 2.75) is 32.1 Å². The largest absolute Gasteiger partial charge is 0.379 e. The molecular weight excluding hydrogens is 244 g/mol. The summed E-state index contributed by atoms with van der Waals surface area (Å²) in [5.41, 5.74) is 7.30. The Morgan fingerprint density at radius 2 is 2.26 bits per heavy atom. The molecule has 2 rings (SSSR count). The van der Waals surface area contributed by atoms with Gasteiger partial charge in [-0.15, -0.1) is 0 Å². The fourth-order valence-electron chi connectivity index (χ4n) is 1.94. The fraction of sp³-hybridized carbons (Fsp3) is 0.500. The first-order valence-electron chi connectivity index (χ1n) is 6.52. The van der Waals surface area contributed by atoms with Gasteiger partial charge in [0, 0.05) is 18.8 Å². The third-order valence-electron chi connectivity index (χ3n) is 3.11. The van der Waals surface area contributed by atoms with E-state index >= 15 is 0 Å². The van der Waals surface area contributed by atoms with Crippen LogP contribution in [0.15, 0.2) is 24.3 Å². The van der Waals surface area contributed by atoms with Gasteiger partial charge in [0.05, 0.1) is 12.7 Å². The zero-order valence-electron chi connectivity index (χ0n) is 11.1. The minimum atomic E-state index is -0.485. The van der Waals surface area contributed by atoms with Crippen LogP contribution in [0, 0.1) is 0 Å². The molecule has 104 valence electrons. The van der Waals surface area contributed by atoms with Gasteiger partial charge in [-0.1, -0.05) is 12.1 Å². The summed E-state index contributed by atoms with van der Waals surface area (Å²) >= 11 is 0. The standard InChI is InChI=1S/C14H20N2O3/c1-10(19-13-6-7-18-9-13)14(17)16-12-4-2-11(8-15)3-5-12/h2-5,10,13H,6-9,15H2,1H3,(H,16,17). The van der Waals surface area contributed by atoms with Crippen molar-refractivity contribution in [3.8, 4) is 0 Å². The lowest BCUT2D eigenvalue weighted by molar-refractivity contribution is -0.129. The molecule has 1 amide bonds. The van der Waals surface area contributed by atoms with Crippen LogP contribution in [-0.2, 0) is 20.8 Å². The molecule has 0 aliphatic carbocycles. The number of nitrogens with two attached hydrogens (primary N) is 1. The van der Waals surface area contributed by atoms with Crippen molar-refractivity contribution in [2.24, 2.45) is 5.73 Å². The van der Waals surface area contributed by atoms with Crippen molar-refractivity contribution in [1.29, 1.82) is 0 Å². The highest BCUT2D eigenvalue weighted by molar-refractivity contribution is 5.93. The highest BCUT2D eigenvalue weighted by Crippen LogP contribution is 2.13. The van der Waals surface area contributed by atoms with E-state index in [1.807, 2.05) is 24.3 Å². The van der Waals surface area contributed by atoms with Crippen LogP contribution in [0.2, 0.25) is 0 Å². The maximum absolute atomic E-state index is 12.0. The Bertz CT molecular complexity index is 413. The van der Waals surface area contributed by atoms with Gasteiger partial charge >= 0.3 is 0 Å². The molecule has 2 unspecified atom stereocenters. The summed E-state index contributed by atoms with van der Waals surface area (Å²) in [5, 5.41) is 2.82. The van der Waals surface area contributed by atoms with Crippen LogP contribution in [0.5, 0.6) is 0 Å². The topological polar surface area (TPSA) is 73.6 Å². The van der Waals surface area contributed by atoms with Crippen molar-refractivity contribution in [1.82, 2.24) is 0 Å². The van der Waals surface area contributed by atoms with E-state index in [4.69, 9.17) is 15.2 Å². The second kappa shape index (κ2) is 6.65. The van der Waals surface area contributed by atoms with Crippen LogP contribution in [0.25, 0.3) is 0 Å². The zero-order chi connectivity index (χ0) is 13.7. The lowest BCUT2D eigenvalue weighted by atomic mass is 10.2. The van der Waals surface area contributed by atoms with Crippen LogP contribution in [0.4, 0.5) is 5.69 Å². The van der Waals surface area contributed by atoms with Crippen LogP contribution < -0.4 is 11.1 Å². The molecule has 1 aliphatic heterocycles. The van der Waals surface area contributed by atoms with Gasteiger partial charge in [-0.25, -0.2) is 0 Å². The van der Waals surface area contributed by atoms with Crippen molar-refractivity contribution in [3.05, 3.63) is 29.8 Å². The third kappa shape index (κ3) is 4.02. The maximum Gasteiger partial charge on any atom is 0.253 e. The van der Waals surface area contributed by atoms with E-state index in [1.54, 1.807) is 6.92 Å². The number of carbonyl (C=O) groups excluding carboxylic acids is 1. The first-order valence-corrected chi connectivity index (χ1v) is 6.52. The van der Waals surface area contributed by atoms with Crippen LogP contribution >= 0.6 is 0 Å². The highest BCUT2D eigenvalue weighted by atomic mass is 16.6. The second-order valence-electron chi connectivity index (χ2n) is 4.65. The Morgan fingerprint density at radius 3 is 2.84 bits per heavy atom. The lowest BCUT2D eigenvalue weighted by Crippen LogP contribution is -2.31. The van der Waals surface area contributed by atoms with Crippen LogP contribution in [-0.4, -0.2) is 31.3 Å². The summed E-state index contributed by atoms with van der Waals surface area (Å²) in [5.74, 6) is -0.146. The van der Waals surface area contributed by atoms with Gasteiger partial charge in [0.15, 0.2) is 0 Å². The van der Waals surface area contributed by atoms with Crippen LogP contribution in [0.3, 0.4) is 0 Å². The molecule has 0 radical (unpaired) electrons. The summed E-state index contributed by atoms with van der Waals surface area (Å²) in [4.78, 5) is 12.0. The number of nitrogens with one attached hydrogen (secondary N) is 1. The fourth-order valence-corrected chi connectivity index (χ4v) is 1.94. The quantitative estimate of drug-likeness (QED) is 0.840. The van der Waals surface area contributed by atoms with E-state index in [2.05, 4.69) is 5.32 Å². The summed E-state index contributed by atoms with van der Waals surface area (Å²) in [7, 11) is 0. The number of hydrogen-bond acceptors (Lipinski definition) is 4. The number of hydrogen-bond donors (Lipinski definition) is 2. The van der Waals surface area contributed by atoms with Crippen molar-refractivity contribution >= 4 is 11.6 Å². The number of benzene rings is 1. The monoisotopic (exact) mass is 264 g/mol.